The Labute approximate surface area is 134 Å². The molecule has 0 radical (unpaired) electrons. The van der Waals surface area contributed by atoms with Crippen LogP contribution in [-0.2, 0) is 0 Å². The first-order valence-corrected chi connectivity index (χ1v) is 7.74. The Balaban J connectivity index is 1.79. The fourth-order valence-electron chi connectivity index (χ4n) is 3.11. The van der Waals surface area contributed by atoms with Gasteiger partial charge in [-0.1, -0.05) is 18.2 Å². The van der Waals surface area contributed by atoms with Gasteiger partial charge in [-0.2, -0.15) is 0 Å². The Hall–Kier alpha value is -2.69. The summed E-state index contributed by atoms with van der Waals surface area (Å²) in [5, 5.41) is 13.3. The molecule has 5 nitrogen and oxygen atoms in total. The van der Waals surface area contributed by atoms with Crippen LogP contribution in [0, 0.1) is 0 Å². The van der Waals surface area contributed by atoms with Gasteiger partial charge < -0.3 is 20.1 Å². The summed E-state index contributed by atoms with van der Waals surface area (Å²) in [6.45, 7) is 0. The second kappa shape index (κ2) is 5.19. The first-order chi connectivity index (χ1) is 11.2. The quantitative estimate of drug-likeness (QED) is 0.914. The van der Waals surface area contributed by atoms with Crippen LogP contribution >= 0.6 is 0 Å². The number of hydrogen-bond donors (Lipinski definition) is 2. The van der Waals surface area contributed by atoms with E-state index in [0.717, 1.165) is 24.1 Å². The predicted molar refractivity (Wildman–Crippen MR) is 86.7 cm³/mol. The number of aromatic hydroxyl groups is 1. The highest BCUT2D eigenvalue weighted by Crippen LogP contribution is 2.42. The zero-order valence-electron chi connectivity index (χ0n) is 12.8. The van der Waals surface area contributed by atoms with Gasteiger partial charge >= 0.3 is 0 Å². The Kier molecular flexibility index (Phi) is 3.15. The van der Waals surface area contributed by atoms with Crippen LogP contribution in [-0.4, -0.2) is 29.1 Å². The molecule has 1 amide bonds. The van der Waals surface area contributed by atoms with Gasteiger partial charge in [0.15, 0.2) is 11.5 Å². The number of ether oxygens (including phenoxy) is 1. The highest BCUT2D eigenvalue weighted by atomic mass is 16.5. The second-order valence-corrected chi connectivity index (χ2v) is 5.97. The third-order valence-electron chi connectivity index (χ3n) is 4.42. The van der Waals surface area contributed by atoms with Gasteiger partial charge in [0.1, 0.15) is 6.17 Å². The zero-order chi connectivity index (χ0) is 16.0. The lowest BCUT2D eigenvalue weighted by atomic mass is 10.0. The van der Waals surface area contributed by atoms with E-state index < -0.39 is 0 Å². The van der Waals surface area contributed by atoms with Crippen LogP contribution in [0.25, 0.3) is 0 Å². The molecule has 4 rings (SSSR count). The highest BCUT2D eigenvalue weighted by Gasteiger charge is 2.42. The summed E-state index contributed by atoms with van der Waals surface area (Å²) in [5.74, 6) is 0.557. The topological polar surface area (TPSA) is 61.8 Å². The number of benzene rings is 2. The minimum Gasteiger partial charge on any atom is -0.504 e. The number of amides is 1. The summed E-state index contributed by atoms with van der Waals surface area (Å²) < 4.78 is 5.20. The average molecular weight is 310 g/mol. The number of rotatable bonds is 3. The van der Waals surface area contributed by atoms with Crippen LogP contribution < -0.4 is 10.1 Å². The molecule has 1 aliphatic heterocycles. The number of hydrogen-bond acceptors (Lipinski definition) is 4. The minimum absolute atomic E-state index is 0.0545. The van der Waals surface area contributed by atoms with E-state index in [2.05, 4.69) is 5.32 Å². The highest BCUT2D eigenvalue weighted by molar-refractivity contribution is 6.02. The van der Waals surface area contributed by atoms with Crippen molar-refractivity contribution in [3.05, 3.63) is 53.6 Å². The molecule has 0 bridgehead atoms. The van der Waals surface area contributed by atoms with Crippen molar-refractivity contribution in [1.82, 2.24) is 4.90 Å². The summed E-state index contributed by atoms with van der Waals surface area (Å²) in [7, 11) is 1.52. The SMILES string of the molecule is COc1cc(C2Nc3ccccc3C(=O)N2C2CC2)ccc1O. The van der Waals surface area contributed by atoms with Gasteiger partial charge in [0.25, 0.3) is 5.91 Å². The summed E-state index contributed by atoms with van der Waals surface area (Å²) >= 11 is 0. The fraction of sp³-hybridized carbons (Fsp3) is 0.278. The molecule has 2 aromatic rings. The molecule has 1 heterocycles. The Morgan fingerprint density at radius 2 is 2.00 bits per heavy atom. The van der Waals surface area contributed by atoms with Gasteiger partial charge in [0, 0.05) is 11.7 Å². The van der Waals surface area contributed by atoms with Crippen LogP contribution in [0.4, 0.5) is 5.69 Å². The van der Waals surface area contributed by atoms with E-state index in [-0.39, 0.29) is 23.9 Å². The van der Waals surface area contributed by atoms with Crippen molar-refractivity contribution in [3.8, 4) is 11.5 Å². The lowest BCUT2D eigenvalue weighted by Gasteiger charge is -2.38. The molecule has 1 unspecified atom stereocenters. The van der Waals surface area contributed by atoms with Crippen LogP contribution in [0.1, 0.15) is 34.9 Å². The first kappa shape index (κ1) is 13.9. The molecule has 118 valence electrons. The maximum Gasteiger partial charge on any atom is 0.258 e. The lowest BCUT2D eigenvalue weighted by molar-refractivity contribution is 0.0666. The zero-order valence-corrected chi connectivity index (χ0v) is 12.8. The molecule has 0 aromatic heterocycles. The molecule has 1 atom stereocenters. The van der Waals surface area contributed by atoms with Crippen LogP contribution in [0.2, 0.25) is 0 Å². The first-order valence-electron chi connectivity index (χ1n) is 7.74. The minimum atomic E-state index is -0.251. The van der Waals surface area contributed by atoms with Crippen molar-refractivity contribution in [2.75, 3.05) is 12.4 Å². The van der Waals surface area contributed by atoms with Crippen molar-refractivity contribution < 1.29 is 14.6 Å². The third kappa shape index (κ3) is 2.29. The second-order valence-electron chi connectivity index (χ2n) is 5.97. The molecular formula is C18H18N2O3. The van der Waals surface area contributed by atoms with E-state index in [1.165, 1.54) is 7.11 Å². The molecule has 1 saturated carbocycles. The van der Waals surface area contributed by atoms with E-state index in [1.54, 1.807) is 12.1 Å². The van der Waals surface area contributed by atoms with E-state index >= 15 is 0 Å². The fourth-order valence-corrected chi connectivity index (χ4v) is 3.11. The summed E-state index contributed by atoms with van der Waals surface area (Å²) in [6.07, 6.45) is 1.81. The number of nitrogens with one attached hydrogen (secondary N) is 1. The molecule has 1 fully saturated rings. The summed E-state index contributed by atoms with van der Waals surface area (Å²) in [5.41, 5.74) is 2.45. The number of phenolic OH excluding ortho intramolecular Hbond substituents is 1. The number of carbonyl (C=O) groups is 1. The number of carbonyl (C=O) groups excluding carboxylic acids is 1. The van der Waals surface area contributed by atoms with Crippen molar-refractivity contribution in [3.63, 3.8) is 0 Å². The van der Waals surface area contributed by atoms with Crippen LogP contribution in [0.3, 0.4) is 0 Å². The maximum atomic E-state index is 12.9. The molecule has 0 spiro atoms. The van der Waals surface area contributed by atoms with E-state index in [1.807, 2.05) is 35.2 Å². The predicted octanol–water partition coefficient (Wildman–Crippen LogP) is 3.13. The average Bonchev–Trinajstić information content (AvgIpc) is 3.40. The van der Waals surface area contributed by atoms with Gasteiger partial charge in [-0.25, -0.2) is 0 Å². The number of nitrogens with zero attached hydrogens (tertiary/aromatic N) is 1. The van der Waals surface area contributed by atoms with Crippen LogP contribution in [0.15, 0.2) is 42.5 Å². The molecule has 2 N–H and O–H groups in total. The number of methoxy groups -OCH3 is 1. The molecule has 2 aliphatic rings. The molecule has 1 aliphatic carbocycles. The van der Waals surface area contributed by atoms with Gasteiger partial charge in [-0.05, 0) is 42.7 Å². The normalized spacial score (nSPS) is 20.0. The number of fused-ring (bicyclic) bond motifs is 1. The van der Waals surface area contributed by atoms with E-state index in [4.69, 9.17) is 4.74 Å². The van der Waals surface area contributed by atoms with Gasteiger partial charge in [0.2, 0.25) is 0 Å². The van der Waals surface area contributed by atoms with Crippen molar-refractivity contribution >= 4 is 11.6 Å². The van der Waals surface area contributed by atoms with Gasteiger partial charge in [-0.15, -0.1) is 0 Å². The summed E-state index contributed by atoms with van der Waals surface area (Å²) in [4.78, 5) is 14.8. The molecular weight excluding hydrogens is 292 g/mol. The smallest absolute Gasteiger partial charge is 0.258 e. The van der Waals surface area contributed by atoms with E-state index in [9.17, 15) is 9.90 Å². The molecule has 0 saturated heterocycles. The monoisotopic (exact) mass is 310 g/mol. The van der Waals surface area contributed by atoms with Crippen molar-refractivity contribution in [2.45, 2.75) is 25.0 Å². The molecule has 2 aromatic carbocycles. The number of phenols is 1. The third-order valence-corrected chi connectivity index (χ3v) is 4.42. The Morgan fingerprint density at radius 3 is 2.74 bits per heavy atom. The maximum absolute atomic E-state index is 12.9. The number of anilines is 1. The van der Waals surface area contributed by atoms with Crippen LogP contribution in [0.5, 0.6) is 11.5 Å². The van der Waals surface area contributed by atoms with Crippen molar-refractivity contribution in [1.29, 1.82) is 0 Å². The molecule has 23 heavy (non-hydrogen) atoms. The van der Waals surface area contributed by atoms with Gasteiger partial charge in [0.05, 0.1) is 12.7 Å². The van der Waals surface area contributed by atoms with E-state index in [0.29, 0.717) is 11.3 Å². The van der Waals surface area contributed by atoms with Crippen molar-refractivity contribution in [2.24, 2.45) is 0 Å². The Morgan fingerprint density at radius 1 is 1.22 bits per heavy atom. The largest absolute Gasteiger partial charge is 0.504 e. The summed E-state index contributed by atoms with van der Waals surface area (Å²) in [6, 6.07) is 13.1. The standard InChI is InChI=1S/C18H18N2O3/c1-23-16-10-11(6-9-15(16)21)17-19-14-5-3-2-4-13(14)18(22)20(17)12-7-8-12/h2-6,9-10,12,17,19,21H,7-8H2,1H3. The Bertz CT molecular complexity index is 771. The lowest BCUT2D eigenvalue weighted by Crippen LogP contribution is -2.44. The molecule has 5 heteroatoms. The van der Waals surface area contributed by atoms with Gasteiger partial charge in [-0.3, -0.25) is 4.79 Å². The number of para-hydroxylation sites is 1.